The lowest BCUT2D eigenvalue weighted by Crippen LogP contribution is -2.36. The van der Waals surface area contributed by atoms with Gasteiger partial charge in [0, 0.05) is 20.2 Å². The zero-order valence-corrected chi connectivity index (χ0v) is 13.2. The Morgan fingerprint density at radius 1 is 1.35 bits per heavy atom. The fourth-order valence-corrected chi connectivity index (χ4v) is 3.47. The maximum Gasteiger partial charge on any atom is 0.242 e. The van der Waals surface area contributed by atoms with Crippen molar-refractivity contribution in [1.29, 1.82) is 0 Å². The van der Waals surface area contributed by atoms with E-state index in [4.69, 9.17) is 5.11 Å². The molecule has 0 aliphatic carbocycles. The molecule has 0 spiro atoms. The summed E-state index contributed by atoms with van der Waals surface area (Å²) < 4.78 is 39.3. The van der Waals surface area contributed by atoms with Crippen LogP contribution in [0.25, 0.3) is 0 Å². The van der Waals surface area contributed by atoms with Gasteiger partial charge in [-0.2, -0.15) is 0 Å². The van der Waals surface area contributed by atoms with Crippen molar-refractivity contribution in [1.82, 2.24) is 4.31 Å². The third-order valence-electron chi connectivity index (χ3n) is 3.28. The first-order chi connectivity index (χ1) is 9.10. The predicted molar refractivity (Wildman–Crippen MR) is 76.4 cm³/mol. The maximum atomic E-state index is 13.2. The van der Waals surface area contributed by atoms with E-state index in [9.17, 15) is 12.8 Å². The molecule has 0 bridgehead atoms. The lowest BCUT2D eigenvalue weighted by Gasteiger charge is -2.29. The van der Waals surface area contributed by atoms with E-state index in [0.717, 1.165) is 6.07 Å². The minimum Gasteiger partial charge on any atom is -0.396 e. The summed E-state index contributed by atoms with van der Waals surface area (Å²) in [5.74, 6) is -0.424. The van der Waals surface area contributed by atoms with Gasteiger partial charge in [0.1, 0.15) is 5.82 Å². The van der Waals surface area contributed by atoms with Crippen LogP contribution in [0.3, 0.4) is 0 Å². The molecule has 1 N–H and O–H groups in total. The summed E-state index contributed by atoms with van der Waals surface area (Å²) in [6.45, 7) is 5.61. The van der Waals surface area contributed by atoms with Gasteiger partial charge in [0.2, 0.25) is 10.0 Å². The lowest BCUT2D eigenvalue weighted by atomic mass is 9.90. The van der Waals surface area contributed by atoms with Crippen molar-refractivity contribution >= 4 is 10.0 Å². The van der Waals surface area contributed by atoms with Crippen molar-refractivity contribution in [3.8, 4) is 0 Å². The molecule has 0 aliphatic rings. The highest BCUT2D eigenvalue weighted by Crippen LogP contribution is 2.25. The van der Waals surface area contributed by atoms with E-state index in [0.29, 0.717) is 12.0 Å². The molecule has 6 heteroatoms. The normalized spacial score (nSPS) is 12.9. The molecule has 1 rings (SSSR count). The molecule has 20 heavy (non-hydrogen) atoms. The van der Waals surface area contributed by atoms with E-state index in [1.807, 2.05) is 13.8 Å². The molecule has 0 amide bonds. The Kier molecular flexibility index (Phi) is 5.29. The first-order valence-electron chi connectivity index (χ1n) is 6.43. The van der Waals surface area contributed by atoms with Crippen LogP contribution in [-0.2, 0) is 10.0 Å². The van der Waals surface area contributed by atoms with Gasteiger partial charge in [0.05, 0.1) is 4.90 Å². The van der Waals surface area contributed by atoms with Crippen molar-refractivity contribution in [2.45, 2.75) is 32.1 Å². The maximum absolute atomic E-state index is 13.2. The van der Waals surface area contributed by atoms with Crippen LogP contribution in [0, 0.1) is 18.2 Å². The van der Waals surface area contributed by atoms with Gasteiger partial charge in [-0.25, -0.2) is 17.1 Å². The monoisotopic (exact) mass is 303 g/mol. The van der Waals surface area contributed by atoms with Gasteiger partial charge in [0.25, 0.3) is 0 Å². The molecule has 0 atom stereocenters. The average Bonchev–Trinajstić information content (AvgIpc) is 2.31. The second-order valence-corrected chi connectivity index (χ2v) is 7.85. The Morgan fingerprint density at radius 2 is 1.95 bits per heavy atom. The van der Waals surface area contributed by atoms with Crippen LogP contribution < -0.4 is 0 Å². The first-order valence-corrected chi connectivity index (χ1v) is 7.87. The third-order valence-corrected chi connectivity index (χ3v) is 5.08. The molecule has 1 aromatic carbocycles. The number of hydrogen-bond acceptors (Lipinski definition) is 3. The van der Waals surface area contributed by atoms with E-state index in [1.165, 1.54) is 30.4 Å². The Hall–Kier alpha value is -0.980. The summed E-state index contributed by atoms with van der Waals surface area (Å²) in [6.07, 6.45) is 0.509. The molecule has 0 fully saturated rings. The fourth-order valence-electron chi connectivity index (χ4n) is 2.03. The summed E-state index contributed by atoms with van der Waals surface area (Å²) in [5.41, 5.74) is -0.0276. The molecule has 0 unspecified atom stereocenters. The van der Waals surface area contributed by atoms with Crippen LogP contribution in [0.15, 0.2) is 23.1 Å². The molecule has 4 nitrogen and oxygen atoms in total. The van der Waals surface area contributed by atoms with Gasteiger partial charge < -0.3 is 5.11 Å². The number of halogens is 1. The van der Waals surface area contributed by atoms with Gasteiger partial charge in [-0.05, 0) is 42.5 Å². The highest BCUT2D eigenvalue weighted by molar-refractivity contribution is 7.89. The summed E-state index contributed by atoms with van der Waals surface area (Å²) in [4.78, 5) is 0.0821. The second-order valence-electron chi connectivity index (χ2n) is 5.81. The smallest absolute Gasteiger partial charge is 0.242 e. The number of rotatable bonds is 6. The Bertz CT molecular complexity index is 570. The molecule has 0 heterocycles. The largest absolute Gasteiger partial charge is 0.396 e. The molecular formula is C14H22FNO3S. The molecule has 0 aliphatic heterocycles. The zero-order valence-electron chi connectivity index (χ0n) is 12.4. The van der Waals surface area contributed by atoms with E-state index in [1.54, 1.807) is 0 Å². The van der Waals surface area contributed by atoms with Crippen molar-refractivity contribution in [2.75, 3.05) is 20.2 Å². The minimum atomic E-state index is -3.64. The first kappa shape index (κ1) is 17.1. The van der Waals surface area contributed by atoms with Crippen molar-refractivity contribution in [2.24, 2.45) is 5.41 Å². The number of hydrogen-bond donors (Lipinski definition) is 1. The summed E-state index contributed by atoms with van der Waals surface area (Å²) in [6, 6.07) is 3.77. The Labute approximate surface area is 120 Å². The Balaban J connectivity index is 3.01. The van der Waals surface area contributed by atoms with Crippen LogP contribution in [0.5, 0.6) is 0 Å². The quantitative estimate of drug-likeness (QED) is 0.876. The van der Waals surface area contributed by atoms with Gasteiger partial charge >= 0.3 is 0 Å². The molecule has 0 radical (unpaired) electrons. The van der Waals surface area contributed by atoms with Crippen molar-refractivity contribution in [3.63, 3.8) is 0 Å². The third kappa shape index (κ3) is 4.01. The topological polar surface area (TPSA) is 57.6 Å². The average molecular weight is 303 g/mol. The molecule has 114 valence electrons. The van der Waals surface area contributed by atoms with E-state index >= 15 is 0 Å². The molecule has 0 aromatic heterocycles. The van der Waals surface area contributed by atoms with Gasteiger partial charge in [0.15, 0.2) is 0 Å². The summed E-state index contributed by atoms with van der Waals surface area (Å²) >= 11 is 0. The highest BCUT2D eigenvalue weighted by atomic mass is 32.2. The summed E-state index contributed by atoms with van der Waals surface area (Å²) in [5, 5.41) is 8.99. The number of sulfonamides is 1. The standard InChI is InChI=1S/C14H22FNO3S/c1-11-9-12(5-6-13(11)15)20(18,19)16(4)10-14(2,3)7-8-17/h5-6,9,17H,7-8,10H2,1-4H3. The van der Waals surface area contributed by atoms with Crippen LogP contribution >= 0.6 is 0 Å². The van der Waals surface area contributed by atoms with Gasteiger partial charge in [-0.1, -0.05) is 13.8 Å². The predicted octanol–water partition coefficient (Wildman–Crippen LogP) is 2.16. The number of benzene rings is 1. The van der Waals surface area contributed by atoms with E-state index in [2.05, 4.69) is 0 Å². The zero-order chi connectivity index (χ0) is 15.6. The van der Waals surface area contributed by atoms with Gasteiger partial charge in [-0.3, -0.25) is 0 Å². The SMILES string of the molecule is Cc1cc(S(=O)(=O)N(C)CC(C)(C)CCO)ccc1F. The second kappa shape index (κ2) is 6.20. The van der Waals surface area contributed by atoms with Gasteiger partial charge in [-0.15, -0.1) is 0 Å². The molecule has 1 aromatic rings. The van der Waals surface area contributed by atoms with E-state index in [-0.39, 0.29) is 23.5 Å². The lowest BCUT2D eigenvalue weighted by molar-refractivity contribution is 0.189. The van der Waals surface area contributed by atoms with Crippen LogP contribution in [0.4, 0.5) is 4.39 Å². The minimum absolute atomic E-state index is 0.0105. The molecular weight excluding hydrogens is 281 g/mol. The fraction of sp³-hybridized carbons (Fsp3) is 0.571. The Morgan fingerprint density at radius 3 is 2.45 bits per heavy atom. The van der Waals surface area contributed by atoms with Crippen LogP contribution in [0.2, 0.25) is 0 Å². The van der Waals surface area contributed by atoms with Crippen LogP contribution in [0.1, 0.15) is 25.8 Å². The molecule has 0 saturated heterocycles. The van der Waals surface area contributed by atoms with Crippen molar-refractivity contribution in [3.05, 3.63) is 29.6 Å². The number of aliphatic hydroxyl groups is 1. The summed E-state index contributed by atoms with van der Waals surface area (Å²) in [7, 11) is -2.15. The number of nitrogens with zero attached hydrogens (tertiary/aromatic N) is 1. The number of aliphatic hydroxyl groups excluding tert-OH is 1. The number of aryl methyl sites for hydroxylation is 1. The van der Waals surface area contributed by atoms with Crippen LogP contribution in [-0.4, -0.2) is 38.0 Å². The van der Waals surface area contributed by atoms with E-state index < -0.39 is 15.8 Å². The highest BCUT2D eigenvalue weighted by Gasteiger charge is 2.28. The van der Waals surface area contributed by atoms with Crippen molar-refractivity contribution < 1.29 is 17.9 Å². The molecule has 0 saturated carbocycles.